The van der Waals surface area contributed by atoms with E-state index in [1.165, 1.54) is 11.3 Å². The van der Waals surface area contributed by atoms with Gasteiger partial charge in [-0.25, -0.2) is 0 Å². The Morgan fingerprint density at radius 1 is 0.963 bits per heavy atom. The largest absolute Gasteiger partial charge is 0.490 e. The van der Waals surface area contributed by atoms with E-state index in [2.05, 4.69) is 10.9 Å². The molecule has 0 spiro atoms. The molecule has 0 bridgehead atoms. The fourth-order valence-corrected chi connectivity index (χ4v) is 3.04. The van der Waals surface area contributed by atoms with Crippen LogP contribution in [0.4, 0.5) is 0 Å². The molecule has 2 N–H and O–H groups in total. The monoisotopic (exact) mass is 392 g/mol. The molecule has 0 atom stereocenters. The topological polar surface area (TPSA) is 85.9 Å². The molecule has 0 aliphatic heterocycles. The summed E-state index contributed by atoms with van der Waals surface area (Å²) in [6, 6.07) is 6.87. The predicted octanol–water partition coefficient (Wildman–Crippen LogP) is 2.95. The average molecular weight is 392 g/mol. The highest BCUT2D eigenvalue weighted by molar-refractivity contribution is 7.10. The Balaban J connectivity index is 2.12. The van der Waals surface area contributed by atoms with Gasteiger partial charge in [-0.1, -0.05) is 6.07 Å². The second-order valence-corrected chi connectivity index (χ2v) is 6.39. The maximum atomic E-state index is 12.5. The lowest BCUT2D eigenvalue weighted by molar-refractivity contribution is -0.121. The van der Waals surface area contributed by atoms with E-state index < -0.39 is 5.91 Å². The number of hydrogen-bond acceptors (Lipinski definition) is 6. The minimum Gasteiger partial charge on any atom is -0.490 e. The lowest BCUT2D eigenvalue weighted by Crippen LogP contribution is -2.42. The Kier molecular flexibility index (Phi) is 7.94. The molecular weight excluding hydrogens is 368 g/mol. The van der Waals surface area contributed by atoms with Crippen molar-refractivity contribution in [3.8, 4) is 17.2 Å². The van der Waals surface area contributed by atoms with Crippen molar-refractivity contribution in [3.05, 3.63) is 40.1 Å². The first-order chi connectivity index (χ1) is 13.1. The van der Waals surface area contributed by atoms with Crippen LogP contribution in [-0.4, -0.2) is 31.6 Å². The summed E-state index contributed by atoms with van der Waals surface area (Å²) in [6.45, 7) is 6.80. The van der Waals surface area contributed by atoms with Crippen LogP contribution < -0.4 is 25.1 Å². The van der Waals surface area contributed by atoms with Crippen LogP contribution in [0.15, 0.2) is 29.6 Å². The van der Waals surface area contributed by atoms with Gasteiger partial charge in [-0.2, -0.15) is 0 Å². The molecule has 8 heteroatoms. The molecule has 0 saturated carbocycles. The minimum atomic E-state index is -0.473. The molecule has 2 amide bonds. The molecule has 0 unspecified atom stereocenters. The second-order valence-electron chi connectivity index (χ2n) is 5.36. The van der Waals surface area contributed by atoms with Gasteiger partial charge in [-0.3, -0.25) is 20.4 Å². The third-order valence-corrected chi connectivity index (χ3v) is 4.28. The first-order valence-electron chi connectivity index (χ1n) is 8.76. The van der Waals surface area contributed by atoms with Crippen LogP contribution in [0.3, 0.4) is 0 Å². The van der Waals surface area contributed by atoms with E-state index in [9.17, 15) is 9.59 Å². The first kappa shape index (κ1) is 20.6. The number of ether oxygens (including phenoxy) is 3. The highest BCUT2D eigenvalue weighted by Gasteiger charge is 2.18. The molecule has 2 rings (SSSR count). The zero-order valence-electron chi connectivity index (χ0n) is 15.7. The van der Waals surface area contributed by atoms with Gasteiger partial charge in [0.2, 0.25) is 11.7 Å². The van der Waals surface area contributed by atoms with Gasteiger partial charge in [0.25, 0.3) is 5.91 Å². The number of rotatable bonds is 9. The van der Waals surface area contributed by atoms with Gasteiger partial charge in [0.15, 0.2) is 11.5 Å². The van der Waals surface area contributed by atoms with Gasteiger partial charge in [0.05, 0.1) is 26.2 Å². The zero-order chi connectivity index (χ0) is 19.6. The summed E-state index contributed by atoms with van der Waals surface area (Å²) in [4.78, 5) is 25.3. The van der Waals surface area contributed by atoms with Crippen LogP contribution in [0.5, 0.6) is 17.2 Å². The molecule has 27 heavy (non-hydrogen) atoms. The summed E-state index contributed by atoms with van der Waals surface area (Å²) in [7, 11) is 0. The number of hydrogen-bond donors (Lipinski definition) is 2. The lowest BCUT2D eigenvalue weighted by atomic mass is 10.1. The van der Waals surface area contributed by atoms with Crippen LogP contribution in [0, 0.1) is 0 Å². The van der Waals surface area contributed by atoms with Gasteiger partial charge >= 0.3 is 0 Å². The standard InChI is InChI=1S/C19H24N2O5S/c1-4-24-15-10-13(11-16(25-5-2)18(15)26-6-3)19(23)21-20-17(22)12-14-8-7-9-27-14/h7-11H,4-6,12H2,1-3H3,(H,20,22)(H,21,23). The third-order valence-electron chi connectivity index (χ3n) is 3.40. The number of carbonyl (C=O) groups is 2. The summed E-state index contributed by atoms with van der Waals surface area (Å²) in [5, 5.41) is 1.89. The molecule has 0 aliphatic rings. The Labute approximate surface area is 162 Å². The number of amides is 2. The van der Waals surface area contributed by atoms with E-state index >= 15 is 0 Å². The minimum absolute atomic E-state index is 0.204. The molecule has 0 fully saturated rings. The maximum Gasteiger partial charge on any atom is 0.269 e. The zero-order valence-corrected chi connectivity index (χ0v) is 16.5. The maximum absolute atomic E-state index is 12.5. The fourth-order valence-electron chi connectivity index (χ4n) is 2.33. The number of nitrogens with one attached hydrogen (secondary N) is 2. The van der Waals surface area contributed by atoms with Gasteiger partial charge in [-0.05, 0) is 44.4 Å². The molecule has 1 aromatic carbocycles. The summed E-state index contributed by atoms with van der Waals surface area (Å²) in [6.07, 6.45) is 0.204. The lowest BCUT2D eigenvalue weighted by Gasteiger charge is -2.17. The van der Waals surface area contributed by atoms with Crippen molar-refractivity contribution in [2.75, 3.05) is 19.8 Å². The van der Waals surface area contributed by atoms with E-state index in [4.69, 9.17) is 14.2 Å². The second kappa shape index (κ2) is 10.4. The fraction of sp³-hybridized carbons (Fsp3) is 0.368. The normalized spacial score (nSPS) is 10.2. The van der Waals surface area contributed by atoms with Crippen LogP contribution in [0.1, 0.15) is 36.0 Å². The van der Waals surface area contributed by atoms with E-state index in [-0.39, 0.29) is 12.3 Å². The molecule has 146 valence electrons. The van der Waals surface area contributed by atoms with Crippen LogP contribution in [0.25, 0.3) is 0 Å². The molecule has 1 heterocycles. The Bertz CT molecular complexity index is 734. The number of thiophene rings is 1. The molecular formula is C19H24N2O5S. The van der Waals surface area contributed by atoms with E-state index in [0.29, 0.717) is 42.6 Å². The van der Waals surface area contributed by atoms with Crippen molar-refractivity contribution in [1.82, 2.24) is 10.9 Å². The van der Waals surface area contributed by atoms with Crippen LogP contribution in [-0.2, 0) is 11.2 Å². The first-order valence-corrected chi connectivity index (χ1v) is 9.64. The molecule has 0 radical (unpaired) electrons. The van der Waals surface area contributed by atoms with Gasteiger partial charge in [0.1, 0.15) is 0 Å². The summed E-state index contributed by atoms with van der Waals surface area (Å²) < 4.78 is 16.8. The Hall–Kier alpha value is -2.74. The number of hydrazine groups is 1. The van der Waals surface area contributed by atoms with Crippen molar-refractivity contribution in [1.29, 1.82) is 0 Å². The van der Waals surface area contributed by atoms with Crippen molar-refractivity contribution in [3.63, 3.8) is 0 Å². The summed E-state index contributed by atoms with van der Waals surface area (Å²) >= 11 is 1.48. The third kappa shape index (κ3) is 5.89. The van der Waals surface area contributed by atoms with E-state index in [1.807, 2.05) is 38.3 Å². The molecule has 2 aromatic rings. The van der Waals surface area contributed by atoms with Gasteiger partial charge in [-0.15, -0.1) is 11.3 Å². The van der Waals surface area contributed by atoms with E-state index in [1.54, 1.807) is 12.1 Å². The van der Waals surface area contributed by atoms with Gasteiger partial charge < -0.3 is 14.2 Å². The quantitative estimate of drug-likeness (QED) is 0.641. The highest BCUT2D eigenvalue weighted by atomic mass is 32.1. The van der Waals surface area contributed by atoms with Crippen molar-refractivity contribution in [2.45, 2.75) is 27.2 Å². The van der Waals surface area contributed by atoms with Crippen molar-refractivity contribution in [2.24, 2.45) is 0 Å². The molecule has 1 aromatic heterocycles. The predicted molar refractivity (Wildman–Crippen MR) is 104 cm³/mol. The number of benzene rings is 1. The van der Waals surface area contributed by atoms with Crippen LogP contribution in [0.2, 0.25) is 0 Å². The van der Waals surface area contributed by atoms with Gasteiger partial charge in [0, 0.05) is 10.4 Å². The average Bonchev–Trinajstić information content (AvgIpc) is 3.15. The Morgan fingerprint density at radius 3 is 2.11 bits per heavy atom. The summed E-state index contributed by atoms with van der Waals surface area (Å²) in [5.41, 5.74) is 5.13. The van der Waals surface area contributed by atoms with Crippen molar-refractivity contribution < 1.29 is 23.8 Å². The summed E-state index contributed by atoms with van der Waals surface area (Å²) in [5.74, 6) is 0.520. The van der Waals surface area contributed by atoms with E-state index in [0.717, 1.165) is 4.88 Å². The number of carbonyl (C=O) groups excluding carboxylic acids is 2. The smallest absolute Gasteiger partial charge is 0.269 e. The van der Waals surface area contributed by atoms with Crippen molar-refractivity contribution >= 4 is 23.2 Å². The Morgan fingerprint density at radius 2 is 1.59 bits per heavy atom. The SMILES string of the molecule is CCOc1cc(C(=O)NNC(=O)Cc2cccs2)cc(OCC)c1OCC. The highest BCUT2D eigenvalue weighted by Crippen LogP contribution is 2.39. The molecule has 0 saturated heterocycles. The molecule has 0 aliphatic carbocycles. The van der Waals surface area contributed by atoms with Crippen LogP contribution >= 0.6 is 11.3 Å². The molecule has 7 nitrogen and oxygen atoms in total.